The van der Waals surface area contributed by atoms with Gasteiger partial charge in [0.2, 0.25) is 0 Å². The summed E-state index contributed by atoms with van der Waals surface area (Å²) in [7, 11) is 0. The first-order chi connectivity index (χ1) is 7.83. The fourth-order valence-electron chi connectivity index (χ4n) is 3.35. The van der Waals surface area contributed by atoms with Crippen LogP contribution in [-0.4, -0.2) is 16.5 Å². The van der Waals surface area contributed by atoms with E-state index in [4.69, 9.17) is 0 Å². The van der Waals surface area contributed by atoms with Gasteiger partial charge in [-0.3, -0.25) is 4.79 Å². The van der Waals surface area contributed by atoms with E-state index in [1.165, 1.54) is 0 Å². The highest BCUT2D eigenvalue weighted by Gasteiger charge is 2.46. The summed E-state index contributed by atoms with van der Waals surface area (Å²) in [6.07, 6.45) is 4.36. The van der Waals surface area contributed by atoms with Crippen molar-refractivity contribution in [3.05, 3.63) is 22.8 Å². The molecular weight excluding hydrogens is 212 g/mol. The second-order valence-corrected chi connectivity index (χ2v) is 6.04. The lowest BCUT2D eigenvalue weighted by Gasteiger charge is -2.29. The standard InChI is InChI=1S/C15H22O2/c1-9(2)12-8-13-11(5-6-15(13,4)17)10(3)7-14(12)16/h7,11,13,17H,5-6,8H2,1-4H3/t11-,13+,15-/m1/s1. The predicted molar refractivity (Wildman–Crippen MR) is 68.6 cm³/mol. The van der Waals surface area contributed by atoms with Gasteiger partial charge in [0.25, 0.3) is 0 Å². The van der Waals surface area contributed by atoms with Crippen molar-refractivity contribution in [1.29, 1.82) is 0 Å². The van der Waals surface area contributed by atoms with E-state index in [1.54, 1.807) is 6.08 Å². The topological polar surface area (TPSA) is 37.3 Å². The molecule has 0 aromatic rings. The number of rotatable bonds is 0. The molecule has 0 spiro atoms. The van der Waals surface area contributed by atoms with Crippen molar-refractivity contribution in [2.24, 2.45) is 11.8 Å². The van der Waals surface area contributed by atoms with Crippen molar-refractivity contribution in [3.8, 4) is 0 Å². The number of allylic oxidation sites excluding steroid dienone is 4. The van der Waals surface area contributed by atoms with Crippen LogP contribution in [0.5, 0.6) is 0 Å². The minimum absolute atomic E-state index is 0.146. The van der Waals surface area contributed by atoms with E-state index in [0.717, 1.165) is 36.0 Å². The van der Waals surface area contributed by atoms with Crippen molar-refractivity contribution < 1.29 is 9.90 Å². The molecule has 0 bridgehead atoms. The third kappa shape index (κ3) is 2.11. The first-order valence-corrected chi connectivity index (χ1v) is 6.44. The Morgan fingerprint density at radius 2 is 2.12 bits per heavy atom. The molecule has 17 heavy (non-hydrogen) atoms. The Morgan fingerprint density at radius 3 is 2.71 bits per heavy atom. The highest BCUT2D eigenvalue weighted by Crippen LogP contribution is 2.48. The van der Waals surface area contributed by atoms with Crippen LogP contribution in [0.25, 0.3) is 0 Å². The smallest absolute Gasteiger partial charge is 0.181 e. The van der Waals surface area contributed by atoms with Gasteiger partial charge in [-0.1, -0.05) is 11.1 Å². The zero-order valence-electron chi connectivity index (χ0n) is 11.2. The van der Waals surface area contributed by atoms with Crippen LogP contribution in [0.2, 0.25) is 0 Å². The zero-order chi connectivity index (χ0) is 12.8. The maximum atomic E-state index is 12.1. The molecule has 2 aliphatic carbocycles. The second kappa shape index (κ2) is 4.09. The fraction of sp³-hybridized carbons (Fsp3) is 0.667. The first-order valence-electron chi connectivity index (χ1n) is 6.44. The zero-order valence-corrected chi connectivity index (χ0v) is 11.2. The maximum Gasteiger partial charge on any atom is 0.181 e. The minimum atomic E-state index is -0.620. The van der Waals surface area contributed by atoms with Crippen LogP contribution in [0.15, 0.2) is 22.8 Å². The molecule has 1 saturated carbocycles. The van der Waals surface area contributed by atoms with E-state index in [9.17, 15) is 9.90 Å². The molecule has 2 nitrogen and oxygen atoms in total. The Balaban J connectivity index is 2.45. The Kier molecular flexibility index (Phi) is 3.03. The van der Waals surface area contributed by atoms with Crippen LogP contribution in [0.4, 0.5) is 0 Å². The Hall–Kier alpha value is -0.890. The van der Waals surface area contributed by atoms with Gasteiger partial charge in [0.1, 0.15) is 0 Å². The van der Waals surface area contributed by atoms with Crippen molar-refractivity contribution in [2.45, 2.75) is 52.6 Å². The van der Waals surface area contributed by atoms with Gasteiger partial charge in [0.05, 0.1) is 5.60 Å². The monoisotopic (exact) mass is 234 g/mol. The molecule has 0 aromatic heterocycles. The van der Waals surface area contributed by atoms with Crippen molar-refractivity contribution >= 4 is 5.78 Å². The molecule has 2 aliphatic rings. The fourth-order valence-corrected chi connectivity index (χ4v) is 3.35. The molecular formula is C15H22O2. The van der Waals surface area contributed by atoms with E-state index in [0.29, 0.717) is 5.92 Å². The van der Waals surface area contributed by atoms with E-state index in [2.05, 4.69) is 0 Å². The van der Waals surface area contributed by atoms with Crippen LogP contribution in [0.1, 0.15) is 47.0 Å². The van der Waals surface area contributed by atoms with Gasteiger partial charge in [0, 0.05) is 0 Å². The minimum Gasteiger partial charge on any atom is -0.390 e. The number of aliphatic hydroxyl groups is 1. The highest BCUT2D eigenvalue weighted by molar-refractivity contribution is 6.05. The molecule has 0 aliphatic heterocycles. The van der Waals surface area contributed by atoms with E-state index in [1.807, 2.05) is 27.7 Å². The molecule has 0 saturated heterocycles. The van der Waals surface area contributed by atoms with E-state index < -0.39 is 5.60 Å². The quantitative estimate of drug-likeness (QED) is 0.654. The van der Waals surface area contributed by atoms with Crippen molar-refractivity contribution in [3.63, 3.8) is 0 Å². The van der Waals surface area contributed by atoms with Gasteiger partial charge in [0.15, 0.2) is 5.78 Å². The number of hydrogen-bond donors (Lipinski definition) is 1. The Labute approximate surface area is 103 Å². The lowest BCUT2D eigenvalue weighted by Crippen LogP contribution is -2.32. The molecule has 1 N–H and O–H groups in total. The molecule has 3 atom stereocenters. The molecule has 0 aromatic carbocycles. The van der Waals surface area contributed by atoms with Gasteiger partial charge in [-0.05, 0) is 70.4 Å². The second-order valence-electron chi connectivity index (χ2n) is 6.04. The summed E-state index contributed by atoms with van der Waals surface area (Å²) in [5.74, 6) is 0.730. The lowest BCUT2D eigenvalue weighted by atomic mass is 9.80. The lowest BCUT2D eigenvalue weighted by molar-refractivity contribution is -0.111. The van der Waals surface area contributed by atoms with Crippen LogP contribution < -0.4 is 0 Å². The summed E-state index contributed by atoms with van der Waals surface area (Å²) in [6.45, 7) is 7.93. The summed E-state index contributed by atoms with van der Waals surface area (Å²) in [6, 6.07) is 0. The third-order valence-electron chi connectivity index (χ3n) is 4.51. The van der Waals surface area contributed by atoms with E-state index >= 15 is 0 Å². The largest absolute Gasteiger partial charge is 0.390 e. The summed E-state index contributed by atoms with van der Waals surface area (Å²) in [4.78, 5) is 12.1. The van der Waals surface area contributed by atoms with Gasteiger partial charge in [-0.15, -0.1) is 0 Å². The Morgan fingerprint density at radius 1 is 1.47 bits per heavy atom. The average Bonchev–Trinajstić information content (AvgIpc) is 2.41. The number of carbonyl (C=O) groups excluding carboxylic acids is 1. The SMILES string of the molecule is CC1=CC(=O)C(=C(C)C)C[C@H]2[C@@H]1CC[C@@]2(C)O. The molecule has 0 unspecified atom stereocenters. The van der Waals surface area contributed by atoms with E-state index in [-0.39, 0.29) is 11.7 Å². The van der Waals surface area contributed by atoms with Crippen molar-refractivity contribution in [1.82, 2.24) is 0 Å². The molecule has 0 heterocycles. The normalized spacial score (nSPS) is 37.6. The van der Waals surface area contributed by atoms with Crippen LogP contribution in [-0.2, 0) is 4.79 Å². The number of carbonyl (C=O) groups is 1. The highest BCUT2D eigenvalue weighted by atomic mass is 16.3. The Bertz CT molecular complexity index is 409. The summed E-state index contributed by atoms with van der Waals surface area (Å²) in [5, 5.41) is 10.5. The van der Waals surface area contributed by atoms with Crippen LogP contribution >= 0.6 is 0 Å². The van der Waals surface area contributed by atoms with Gasteiger partial charge in [-0.25, -0.2) is 0 Å². The number of fused-ring (bicyclic) bond motifs is 1. The van der Waals surface area contributed by atoms with Gasteiger partial charge >= 0.3 is 0 Å². The maximum absolute atomic E-state index is 12.1. The molecule has 0 amide bonds. The van der Waals surface area contributed by atoms with Gasteiger partial charge in [-0.2, -0.15) is 0 Å². The molecule has 0 radical (unpaired) electrons. The molecule has 94 valence electrons. The van der Waals surface area contributed by atoms with Crippen LogP contribution in [0, 0.1) is 11.8 Å². The molecule has 1 fully saturated rings. The molecule has 2 rings (SSSR count). The van der Waals surface area contributed by atoms with Gasteiger partial charge < -0.3 is 5.11 Å². The summed E-state index contributed by atoms with van der Waals surface area (Å²) >= 11 is 0. The average molecular weight is 234 g/mol. The predicted octanol–water partition coefficient (Wildman–Crippen LogP) is 3.02. The number of hydrogen-bond acceptors (Lipinski definition) is 2. The molecule has 2 heteroatoms. The van der Waals surface area contributed by atoms with Crippen LogP contribution in [0.3, 0.4) is 0 Å². The van der Waals surface area contributed by atoms with Crippen molar-refractivity contribution in [2.75, 3.05) is 0 Å². The summed E-state index contributed by atoms with van der Waals surface area (Å²) < 4.78 is 0. The summed E-state index contributed by atoms with van der Waals surface area (Å²) in [5.41, 5.74) is 2.51. The first kappa shape index (κ1) is 12.6. The third-order valence-corrected chi connectivity index (χ3v) is 4.51. The number of ketones is 1.